The molecule has 4 atom stereocenters. The van der Waals surface area contributed by atoms with Crippen LogP contribution in [0.1, 0.15) is 130 Å². The molecular formula is C69H90N16O5. The predicted molar refractivity (Wildman–Crippen MR) is 362 cm³/mol. The number of nitrogens with zero attached hydrogens (tertiary/aromatic N) is 8. The minimum atomic E-state index is -1.10. The molecule has 21 heteroatoms. The molecule has 10 rings (SSSR count). The third kappa shape index (κ3) is 18.7. The zero-order chi connectivity index (χ0) is 63.8. The van der Waals surface area contributed by atoms with Crippen LogP contribution in [0, 0.1) is 13.8 Å². The molecule has 0 spiro atoms. The zero-order valence-electron chi connectivity index (χ0n) is 52.9. The summed E-state index contributed by atoms with van der Waals surface area (Å²) in [6, 6.07) is 23.3. The van der Waals surface area contributed by atoms with E-state index in [0.717, 1.165) is 115 Å². The van der Waals surface area contributed by atoms with Crippen molar-refractivity contribution in [3.63, 3.8) is 0 Å². The van der Waals surface area contributed by atoms with E-state index in [9.17, 15) is 19.2 Å². The van der Waals surface area contributed by atoms with Gasteiger partial charge >= 0.3 is 5.97 Å². The van der Waals surface area contributed by atoms with Gasteiger partial charge in [0, 0.05) is 105 Å². The minimum Gasteiger partial charge on any atom is -0.477 e. The maximum Gasteiger partial charge on any atom is 0.354 e. The van der Waals surface area contributed by atoms with E-state index < -0.39 is 11.5 Å². The number of carboxylic acids is 1. The maximum absolute atomic E-state index is 13.2. The summed E-state index contributed by atoms with van der Waals surface area (Å²) in [5.74, 6) is -0.554. The monoisotopic (exact) mass is 1220 g/mol. The molecule has 2 aliphatic rings. The number of pyridine rings is 2. The molecule has 10 N–H and O–H groups in total. The van der Waals surface area contributed by atoms with Gasteiger partial charge < -0.3 is 57.2 Å². The number of anilines is 4. The van der Waals surface area contributed by atoms with Gasteiger partial charge in [-0.2, -0.15) is 0 Å². The fourth-order valence-electron chi connectivity index (χ4n) is 11.4. The number of H-pyrrole nitrogens is 2. The number of benzene rings is 2. The predicted octanol–water partition coefficient (Wildman–Crippen LogP) is 11.5. The highest BCUT2D eigenvalue weighted by atomic mass is 16.4. The van der Waals surface area contributed by atoms with Crippen molar-refractivity contribution in [2.24, 2.45) is 5.73 Å². The third-order valence-corrected chi connectivity index (χ3v) is 15.8. The fourth-order valence-corrected chi connectivity index (χ4v) is 11.4. The normalized spacial score (nSPS) is 18.1. The van der Waals surface area contributed by atoms with Gasteiger partial charge in [-0.15, -0.1) is 0 Å². The van der Waals surface area contributed by atoms with Gasteiger partial charge in [0.15, 0.2) is 0 Å². The van der Waals surface area contributed by atoms with E-state index in [1.54, 1.807) is 24.3 Å². The molecule has 21 nitrogen and oxygen atoms in total. The van der Waals surface area contributed by atoms with Gasteiger partial charge in [0.2, 0.25) is 23.7 Å². The van der Waals surface area contributed by atoms with Crippen molar-refractivity contribution in [2.45, 2.75) is 136 Å². The summed E-state index contributed by atoms with van der Waals surface area (Å²) in [5.41, 5.74) is 18.1. The Bertz CT molecular complexity index is 3800. The smallest absolute Gasteiger partial charge is 0.354 e. The van der Waals surface area contributed by atoms with Gasteiger partial charge in [0.05, 0.1) is 35.2 Å². The largest absolute Gasteiger partial charge is 0.477 e. The lowest BCUT2D eigenvalue weighted by molar-refractivity contribution is -0.112. The molecule has 0 aliphatic heterocycles. The summed E-state index contributed by atoms with van der Waals surface area (Å²) in [6.45, 7) is 14.0. The summed E-state index contributed by atoms with van der Waals surface area (Å²) in [6.07, 6.45) is 22.7. The first-order valence-electron chi connectivity index (χ1n) is 30.5. The topological polar surface area (TPSA) is 290 Å². The molecule has 6 heterocycles. The number of carboxylic acid groups (broad SMARTS) is 1. The molecule has 2 fully saturated rings. The van der Waals surface area contributed by atoms with Crippen LogP contribution in [0.15, 0.2) is 122 Å². The number of nitrogens with two attached hydrogens (primary N) is 1. The van der Waals surface area contributed by atoms with Crippen LogP contribution in [0.25, 0.3) is 44.3 Å². The number of aromatic nitrogens is 8. The highest BCUT2D eigenvalue weighted by Gasteiger charge is 2.35. The van der Waals surface area contributed by atoms with E-state index in [1.807, 2.05) is 56.5 Å². The van der Waals surface area contributed by atoms with Crippen LogP contribution in [0.4, 0.5) is 23.3 Å². The summed E-state index contributed by atoms with van der Waals surface area (Å²) in [5, 5.41) is 26.7. The molecule has 6 aromatic heterocycles. The molecular weight excluding hydrogens is 1130 g/mol. The highest BCUT2D eigenvalue weighted by Crippen LogP contribution is 2.37. The average molecular weight is 1220 g/mol. The van der Waals surface area contributed by atoms with Gasteiger partial charge in [-0.1, -0.05) is 69.8 Å². The molecule has 0 unspecified atom stereocenters. The number of nitrogens with one attached hydrogen (secondary N) is 7. The first kappa shape index (κ1) is 68.3. The Kier molecular flexibility index (Phi) is 23.8. The second-order valence-corrected chi connectivity index (χ2v) is 24.2. The molecule has 2 saturated carbocycles. The minimum absolute atomic E-state index is 0. The number of aromatic carboxylic acids is 1. The van der Waals surface area contributed by atoms with E-state index in [1.165, 1.54) is 53.2 Å². The quantitative estimate of drug-likeness (QED) is 0.0340. The Balaban J connectivity index is 0.000000212. The Labute approximate surface area is 528 Å². The fraction of sp³-hybridized carbons (Fsp3) is 0.391. The molecule has 8 aromatic rings. The van der Waals surface area contributed by atoms with Crippen LogP contribution in [0.2, 0.25) is 0 Å². The Morgan fingerprint density at radius 3 is 1.52 bits per heavy atom. The van der Waals surface area contributed by atoms with Crippen LogP contribution in [-0.2, 0) is 22.4 Å². The van der Waals surface area contributed by atoms with E-state index in [0.29, 0.717) is 48.1 Å². The van der Waals surface area contributed by atoms with Crippen LogP contribution >= 0.6 is 0 Å². The number of likely N-dealkylation sites (N-methyl/N-ethyl adjacent to an activating group) is 2. The van der Waals surface area contributed by atoms with E-state index >= 15 is 0 Å². The van der Waals surface area contributed by atoms with Crippen molar-refractivity contribution in [1.82, 2.24) is 55.0 Å². The van der Waals surface area contributed by atoms with E-state index in [-0.39, 0.29) is 42.4 Å². The van der Waals surface area contributed by atoms with Crippen LogP contribution in [0.3, 0.4) is 0 Å². The SMILES string of the molecule is C.CCc1cnc(N[C@@H]2CCC[C@](C)(N)C2)nc1-c1c(C)[nH]c2ccccc12.CCc1cnc(N[C@@H]2CCC[C@](C)(NC(=O)c3ccc(NC(=O)/C=C/CN(C)C)cn3)C2)nc1-c1c(C)[nH]c2ccccc12.CN(C)C/C=C/C(=O)Nc1ccc(C(=O)O)nc1. The van der Waals surface area contributed by atoms with Crippen molar-refractivity contribution in [2.75, 3.05) is 62.5 Å². The Hall–Kier alpha value is -9.18. The third-order valence-electron chi connectivity index (χ3n) is 15.8. The lowest BCUT2D eigenvalue weighted by Crippen LogP contribution is -2.51. The molecule has 2 aliphatic carbocycles. The lowest BCUT2D eigenvalue weighted by Gasteiger charge is -2.39. The molecule has 0 radical (unpaired) electrons. The van der Waals surface area contributed by atoms with Gasteiger partial charge in [0.1, 0.15) is 11.4 Å². The number of carbonyl (C=O) groups is 4. The van der Waals surface area contributed by atoms with Gasteiger partial charge in [-0.05, 0) is 168 Å². The Morgan fingerprint density at radius 1 is 0.633 bits per heavy atom. The van der Waals surface area contributed by atoms with Crippen molar-refractivity contribution in [3.8, 4) is 22.5 Å². The van der Waals surface area contributed by atoms with Crippen LogP contribution < -0.4 is 32.3 Å². The Morgan fingerprint density at radius 2 is 1.09 bits per heavy atom. The summed E-state index contributed by atoms with van der Waals surface area (Å²) in [7, 11) is 7.67. The first-order chi connectivity index (χ1) is 42.6. The maximum atomic E-state index is 13.2. The zero-order valence-corrected chi connectivity index (χ0v) is 52.9. The van der Waals surface area contributed by atoms with Crippen molar-refractivity contribution in [3.05, 3.63) is 156 Å². The number of carbonyl (C=O) groups excluding carboxylic acids is 3. The van der Waals surface area contributed by atoms with Crippen LogP contribution in [-0.4, -0.2) is 143 Å². The summed E-state index contributed by atoms with van der Waals surface area (Å²) >= 11 is 0. The summed E-state index contributed by atoms with van der Waals surface area (Å²) < 4.78 is 0. The molecule has 90 heavy (non-hydrogen) atoms. The first-order valence-corrected chi connectivity index (χ1v) is 30.5. The second-order valence-electron chi connectivity index (χ2n) is 24.2. The number of aromatic amines is 2. The van der Waals surface area contributed by atoms with Gasteiger partial charge in [-0.25, -0.2) is 34.7 Å². The number of rotatable bonds is 19. The van der Waals surface area contributed by atoms with Crippen LogP contribution in [0.5, 0.6) is 0 Å². The lowest BCUT2D eigenvalue weighted by atomic mass is 9.80. The number of hydrogen-bond acceptors (Lipinski definition) is 15. The molecule has 476 valence electrons. The molecule has 0 bridgehead atoms. The van der Waals surface area contributed by atoms with Crippen molar-refractivity contribution >= 4 is 68.8 Å². The highest BCUT2D eigenvalue weighted by molar-refractivity contribution is 6.01. The summed E-state index contributed by atoms with van der Waals surface area (Å²) in [4.78, 5) is 85.4. The van der Waals surface area contributed by atoms with Gasteiger partial charge in [0.25, 0.3) is 5.91 Å². The number of para-hydroxylation sites is 2. The van der Waals surface area contributed by atoms with Crippen molar-refractivity contribution < 1.29 is 24.3 Å². The second kappa shape index (κ2) is 31.3. The molecule has 0 saturated heterocycles. The standard InChI is InChI=1S/C34H42N8O2.C22H29N5.C12H15N3O3.CH4/c1-6-23-20-36-33(40-31(23)30-22(2)37-27-13-8-7-12-26(27)30)39-24-11-9-17-34(3,19-24)41-32(44)28-16-15-25(21-35-28)38-29(43)14-10-18-42(4)5;1-4-15-13-24-21(26-16-8-7-11-22(3,23)12-16)27-20(15)19-14(2)25-18-10-6-5-9-17(18)19;1-15(2)7-3-4-11(16)14-9-5-6-10(12(17)18)13-8-9;/h7-8,10,12-16,20-21,24,37H,6,9,11,17-19H2,1-5H3,(H,38,43)(H,41,44)(H,36,39,40);5-6,9-10,13,16,25H,4,7-8,11-12,23H2,1-3H3,(H,24,26,27);3-6,8H,7H2,1-2H3,(H,14,16)(H,17,18);1H4/b14-10+;;4-3+;/t24-,34+;16-,22+;;/m11../s1. The van der Waals surface area contributed by atoms with Gasteiger partial charge in [-0.3, -0.25) is 14.4 Å². The molecule has 3 amide bonds. The number of hydrogen-bond donors (Lipinski definition) is 9. The number of fused-ring (bicyclic) bond motifs is 2. The van der Waals surface area contributed by atoms with E-state index in [2.05, 4.69) is 140 Å². The number of aryl methyl sites for hydroxylation is 4. The van der Waals surface area contributed by atoms with E-state index in [4.69, 9.17) is 20.8 Å². The number of amides is 3. The van der Waals surface area contributed by atoms with Crippen molar-refractivity contribution in [1.29, 1.82) is 0 Å². The molecule has 2 aromatic carbocycles. The average Bonchev–Trinajstić information content (AvgIpc) is 1.62.